The Bertz CT molecular complexity index is 1040. The summed E-state index contributed by atoms with van der Waals surface area (Å²) >= 11 is 5.91. The Morgan fingerprint density at radius 1 is 1.23 bits per heavy atom. The van der Waals surface area contributed by atoms with Crippen LogP contribution in [-0.2, 0) is 12.8 Å². The second-order valence-electron chi connectivity index (χ2n) is 9.04. The molecule has 5 rings (SSSR count). The first-order valence-electron chi connectivity index (χ1n) is 11.0. The van der Waals surface area contributed by atoms with Crippen molar-refractivity contribution in [2.45, 2.75) is 38.5 Å². The van der Waals surface area contributed by atoms with E-state index in [-0.39, 0.29) is 5.02 Å². The highest BCUT2D eigenvalue weighted by Gasteiger charge is 2.32. The molecule has 2 unspecified atom stereocenters. The molecule has 0 spiro atoms. The van der Waals surface area contributed by atoms with Crippen LogP contribution in [-0.4, -0.2) is 46.1 Å². The summed E-state index contributed by atoms with van der Waals surface area (Å²) in [6, 6.07) is 6.41. The number of benzene rings is 1. The lowest BCUT2D eigenvalue weighted by Crippen LogP contribution is -2.37. The number of halogens is 2. The average Bonchev–Trinajstić information content (AvgIpc) is 3.35. The van der Waals surface area contributed by atoms with Gasteiger partial charge in [-0.3, -0.25) is 0 Å². The van der Waals surface area contributed by atoms with Crippen LogP contribution in [0.15, 0.2) is 40.6 Å². The number of nitrogens with zero attached hydrogens (tertiary/aromatic N) is 4. The Morgan fingerprint density at radius 3 is 2.77 bits per heavy atom. The van der Waals surface area contributed by atoms with Gasteiger partial charge in [-0.1, -0.05) is 22.8 Å². The van der Waals surface area contributed by atoms with Crippen molar-refractivity contribution in [2.75, 3.05) is 19.6 Å². The van der Waals surface area contributed by atoms with E-state index in [1.807, 2.05) is 6.07 Å². The van der Waals surface area contributed by atoms with Crippen LogP contribution in [0, 0.1) is 17.7 Å². The van der Waals surface area contributed by atoms with E-state index in [0.29, 0.717) is 18.0 Å². The first kappa shape index (κ1) is 20.6. The van der Waals surface area contributed by atoms with Gasteiger partial charge in [-0.05, 0) is 61.3 Å². The second kappa shape index (κ2) is 8.67. The van der Waals surface area contributed by atoms with E-state index in [1.54, 1.807) is 18.3 Å². The highest BCUT2D eigenvalue weighted by molar-refractivity contribution is 6.30. The van der Waals surface area contributed by atoms with Crippen molar-refractivity contribution in [2.24, 2.45) is 22.0 Å². The Kier molecular flexibility index (Phi) is 5.76. The van der Waals surface area contributed by atoms with Crippen molar-refractivity contribution in [3.05, 3.63) is 58.0 Å². The average molecular weight is 441 g/mol. The second-order valence-corrected chi connectivity index (χ2v) is 9.45. The maximum atomic E-state index is 13.5. The highest BCUT2D eigenvalue weighted by atomic mass is 35.5. The van der Waals surface area contributed by atoms with Crippen LogP contribution in [0.4, 0.5) is 10.2 Å². The van der Waals surface area contributed by atoms with Crippen molar-refractivity contribution in [1.29, 1.82) is 0 Å². The molecule has 3 aliphatic rings. The Labute approximate surface area is 186 Å². The molecule has 1 aromatic heterocycles. The first-order valence-corrected chi connectivity index (χ1v) is 11.4. The molecule has 2 bridgehead atoms. The monoisotopic (exact) mass is 440 g/mol. The van der Waals surface area contributed by atoms with Crippen LogP contribution >= 0.6 is 11.6 Å². The van der Waals surface area contributed by atoms with Gasteiger partial charge in [-0.15, -0.1) is 0 Å². The minimum absolute atomic E-state index is 0.0616. The van der Waals surface area contributed by atoms with E-state index in [1.165, 1.54) is 38.4 Å². The molecular weight excluding hydrogens is 415 g/mol. The van der Waals surface area contributed by atoms with Gasteiger partial charge in [0, 0.05) is 55.5 Å². The van der Waals surface area contributed by atoms with Gasteiger partial charge in [-0.25, -0.2) is 14.4 Å². The largest absolute Gasteiger partial charge is 0.411 e. The van der Waals surface area contributed by atoms with E-state index < -0.39 is 5.82 Å². The minimum atomic E-state index is -0.461. The van der Waals surface area contributed by atoms with Crippen molar-refractivity contribution < 1.29 is 9.60 Å². The molecule has 3 heterocycles. The van der Waals surface area contributed by atoms with Crippen LogP contribution in [0.3, 0.4) is 0 Å². The van der Waals surface area contributed by atoms with Crippen LogP contribution in [0.1, 0.15) is 42.4 Å². The predicted octanol–water partition coefficient (Wildman–Crippen LogP) is 5.05. The molecule has 1 saturated heterocycles. The third kappa shape index (κ3) is 4.37. The molecule has 1 N–H and O–H groups in total. The zero-order valence-corrected chi connectivity index (χ0v) is 18.2. The number of aromatic nitrogens is 1. The highest BCUT2D eigenvalue weighted by Crippen LogP contribution is 2.36. The van der Waals surface area contributed by atoms with E-state index >= 15 is 0 Å². The fourth-order valence-corrected chi connectivity index (χ4v) is 5.58. The van der Waals surface area contributed by atoms with Crippen molar-refractivity contribution in [1.82, 2.24) is 9.88 Å². The summed E-state index contributed by atoms with van der Waals surface area (Å²) in [5, 5.41) is 13.3. The summed E-state index contributed by atoms with van der Waals surface area (Å²) in [4.78, 5) is 11.8. The van der Waals surface area contributed by atoms with Gasteiger partial charge in [0.15, 0.2) is 5.82 Å². The zero-order chi connectivity index (χ0) is 21.4. The maximum absolute atomic E-state index is 13.5. The molecule has 0 amide bonds. The third-order valence-electron chi connectivity index (χ3n) is 6.86. The van der Waals surface area contributed by atoms with Crippen molar-refractivity contribution in [3.8, 4) is 0 Å². The fraction of sp³-hybridized carbons (Fsp3) is 0.458. The topological polar surface area (TPSA) is 61.1 Å². The van der Waals surface area contributed by atoms with Gasteiger partial charge < -0.3 is 10.1 Å². The predicted molar refractivity (Wildman–Crippen MR) is 120 cm³/mol. The number of pyridine rings is 1. The van der Waals surface area contributed by atoms with Gasteiger partial charge in [0.1, 0.15) is 5.82 Å². The van der Waals surface area contributed by atoms with Crippen molar-refractivity contribution in [3.63, 3.8) is 0 Å². The number of likely N-dealkylation sites (tertiary alicyclic amines) is 1. The minimum Gasteiger partial charge on any atom is -0.411 e. The molecule has 2 fully saturated rings. The summed E-state index contributed by atoms with van der Waals surface area (Å²) in [5.41, 5.74) is 4.25. The summed E-state index contributed by atoms with van der Waals surface area (Å²) < 4.78 is 13.5. The van der Waals surface area contributed by atoms with E-state index in [9.17, 15) is 9.60 Å². The van der Waals surface area contributed by atoms with Crippen molar-refractivity contribution >= 4 is 28.8 Å². The molecule has 0 radical (unpaired) electrons. The standard InChI is InChI=1S/C24H26ClFN4O/c25-21-10-15(3-4-22(21)26)11-23(29-31)19-5-7-27-24-20(19)12-18(28-24)6-8-30-13-16-1-2-17(9-16)14-30/h3-5,7,10,16-17,31H,1-2,6,8-9,11-14H2/b29-23+. The summed E-state index contributed by atoms with van der Waals surface area (Å²) in [6.07, 6.45) is 7.91. The molecule has 2 aromatic rings. The lowest BCUT2D eigenvalue weighted by Gasteiger charge is -2.31. The number of piperidine rings is 1. The molecule has 1 saturated carbocycles. The fourth-order valence-electron chi connectivity index (χ4n) is 5.37. The van der Waals surface area contributed by atoms with E-state index in [0.717, 1.165) is 53.6 Å². The summed E-state index contributed by atoms with van der Waals surface area (Å²) in [7, 11) is 0. The zero-order valence-electron chi connectivity index (χ0n) is 17.4. The van der Waals surface area contributed by atoms with Crippen LogP contribution in [0.5, 0.6) is 0 Å². The third-order valence-corrected chi connectivity index (χ3v) is 7.15. The van der Waals surface area contributed by atoms with E-state index in [4.69, 9.17) is 16.6 Å². The number of rotatable bonds is 6. The normalized spacial score (nSPS) is 23.2. The summed E-state index contributed by atoms with van der Waals surface area (Å²) in [6.45, 7) is 3.49. The molecule has 31 heavy (non-hydrogen) atoms. The molecule has 5 nitrogen and oxygen atoms in total. The van der Waals surface area contributed by atoms with Crippen LogP contribution in [0.25, 0.3) is 0 Å². The lowest BCUT2D eigenvalue weighted by molar-refractivity contribution is 0.172. The quantitative estimate of drug-likeness (QED) is 0.388. The van der Waals surface area contributed by atoms with Gasteiger partial charge in [0.2, 0.25) is 0 Å². The Hall–Kier alpha value is -2.31. The Morgan fingerprint density at radius 2 is 2.03 bits per heavy atom. The molecule has 2 aliphatic heterocycles. The van der Waals surface area contributed by atoms with Gasteiger partial charge in [0.05, 0.1) is 10.7 Å². The van der Waals surface area contributed by atoms with Gasteiger partial charge in [-0.2, -0.15) is 0 Å². The van der Waals surface area contributed by atoms with E-state index in [2.05, 4.69) is 15.0 Å². The number of oxime groups is 1. The Balaban J connectivity index is 1.27. The molecule has 7 heteroatoms. The number of fused-ring (bicyclic) bond motifs is 3. The first-order chi connectivity index (χ1) is 15.1. The van der Waals surface area contributed by atoms with Crippen LogP contribution < -0.4 is 0 Å². The van der Waals surface area contributed by atoms with Gasteiger partial charge in [0.25, 0.3) is 0 Å². The maximum Gasteiger partial charge on any atom is 0.155 e. The smallest absolute Gasteiger partial charge is 0.155 e. The molecule has 1 aromatic carbocycles. The number of aliphatic imine (C=N–C) groups is 1. The lowest BCUT2D eigenvalue weighted by atomic mass is 9.96. The molecule has 2 atom stereocenters. The summed E-state index contributed by atoms with van der Waals surface area (Å²) in [5.74, 6) is 2.03. The molecular formula is C24H26ClFN4O. The SMILES string of the molecule is O/N=C(\Cc1ccc(F)c(Cl)c1)c1ccnc2c1CC(CCN1CC3CCC(C3)C1)=N2. The number of hydrogen-bond acceptors (Lipinski definition) is 5. The van der Waals surface area contributed by atoms with Gasteiger partial charge >= 0.3 is 0 Å². The van der Waals surface area contributed by atoms with Crippen LogP contribution in [0.2, 0.25) is 5.02 Å². The number of hydrogen-bond donors (Lipinski definition) is 1. The molecule has 1 aliphatic carbocycles. The molecule has 162 valence electrons.